The van der Waals surface area contributed by atoms with Gasteiger partial charge in [-0.3, -0.25) is 25.0 Å². The number of carbonyl (C=O) groups excluding carboxylic acids is 3. The number of ether oxygens (including phenoxy) is 1. The molecule has 0 aliphatic carbocycles. The summed E-state index contributed by atoms with van der Waals surface area (Å²) in [6.07, 6.45) is 1.32. The van der Waals surface area contributed by atoms with E-state index in [0.717, 1.165) is 9.37 Å². The number of anilines is 1. The fourth-order valence-corrected chi connectivity index (χ4v) is 4.62. The Morgan fingerprint density at radius 2 is 1.78 bits per heavy atom. The summed E-state index contributed by atoms with van der Waals surface area (Å²) in [5, 5.41) is 13.3. The Balaban J connectivity index is 1.59. The van der Waals surface area contributed by atoms with Gasteiger partial charge in [-0.15, -0.1) is 0 Å². The first-order valence-electron chi connectivity index (χ1n) is 10.2. The van der Waals surface area contributed by atoms with Gasteiger partial charge in [-0.05, 0) is 69.5 Å². The summed E-state index contributed by atoms with van der Waals surface area (Å²) in [7, 11) is 0. The number of imide groups is 2. The molecule has 1 aliphatic rings. The van der Waals surface area contributed by atoms with Crippen molar-refractivity contribution in [3.8, 4) is 5.75 Å². The zero-order valence-corrected chi connectivity index (χ0v) is 22.0. The van der Waals surface area contributed by atoms with Crippen LogP contribution in [0.15, 0.2) is 75.2 Å². The number of barbiturate groups is 1. The molecule has 0 radical (unpaired) electrons. The molecule has 3 aromatic carbocycles. The number of amides is 4. The highest BCUT2D eigenvalue weighted by molar-refractivity contribution is 9.10. The lowest BCUT2D eigenvalue weighted by Crippen LogP contribution is -2.54. The molecule has 4 rings (SSSR count). The Bertz CT molecular complexity index is 1420. The maximum Gasteiger partial charge on any atom is 0.335 e. The molecular weight excluding hydrogens is 622 g/mol. The van der Waals surface area contributed by atoms with Crippen LogP contribution in [-0.4, -0.2) is 22.8 Å². The van der Waals surface area contributed by atoms with E-state index in [9.17, 15) is 24.5 Å². The molecule has 36 heavy (non-hydrogen) atoms. The fourth-order valence-electron chi connectivity index (χ4n) is 3.36. The fraction of sp³-hybridized carbons (Fsp3) is 0.0417. The van der Waals surface area contributed by atoms with Crippen LogP contribution in [0.25, 0.3) is 6.08 Å². The van der Waals surface area contributed by atoms with Crippen LogP contribution in [-0.2, 0) is 16.2 Å². The van der Waals surface area contributed by atoms with Gasteiger partial charge >= 0.3 is 6.03 Å². The van der Waals surface area contributed by atoms with Crippen molar-refractivity contribution >= 4 is 78.8 Å². The summed E-state index contributed by atoms with van der Waals surface area (Å²) in [4.78, 5) is 49.2. The van der Waals surface area contributed by atoms with Crippen molar-refractivity contribution in [2.75, 3.05) is 4.90 Å². The number of nitro benzene ring substituents is 1. The zero-order valence-electron chi connectivity index (χ0n) is 18.0. The molecule has 182 valence electrons. The largest absolute Gasteiger partial charge is 0.486 e. The van der Waals surface area contributed by atoms with E-state index in [-0.39, 0.29) is 28.6 Å². The average molecular weight is 636 g/mol. The molecule has 0 bridgehead atoms. The van der Waals surface area contributed by atoms with E-state index in [4.69, 9.17) is 16.3 Å². The minimum Gasteiger partial charge on any atom is -0.486 e. The number of benzene rings is 3. The van der Waals surface area contributed by atoms with Gasteiger partial charge < -0.3 is 4.74 Å². The van der Waals surface area contributed by atoms with Gasteiger partial charge in [0.25, 0.3) is 17.5 Å². The van der Waals surface area contributed by atoms with E-state index in [2.05, 4.69) is 37.2 Å². The Kier molecular flexibility index (Phi) is 7.53. The van der Waals surface area contributed by atoms with Gasteiger partial charge in [0.2, 0.25) is 0 Å². The maximum absolute atomic E-state index is 13.1. The van der Waals surface area contributed by atoms with Crippen LogP contribution in [0.1, 0.15) is 11.1 Å². The molecule has 3 aromatic rings. The van der Waals surface area contributed by atoms with Crippen LogP contribution in [0.3, 0.4) is 0 Å². The SMILES string of the molecule is O=C1NC(=O)N(c2ccc(Br)cc2)C(=O)/C1=C/c1cc(Cl)c(OCc2cccc([N+](=O)[O-])c2)c(Br)c1. The van der Waals surface area contributed by atoms with Gasteiger partial charge in [-0.25, -0.2) is 9.69 Å². The molecule has 1 fully saturated rings. The molecule has 0 aromatic heterocycles. The van der Waals surface area contributed by atoms with Crippen molar-refractivity contribution in [1.82, 2.24) is 5.32 Å². The summed E-state index contributed by atoms with van der Waals surface area (Å²) >= 11 is 13.1. The summed E-state index contributed by atoms with van der Waals surface area (Å²) in [6, 6.07) is 14.7. The molecule has 9 nitrogen and oxygen atoms in total. The van der Waals surface area contributed by atoms with Crippen molar-refractivity contribution in [3.05, 3.63) is 101 Å². The van der Waals surface area contributed by atoms with Gasteiger partial charge in [0.05, 0.1) is 20.1 Å². The second-order valence-corrected chi connectivity index (χ2v) is 9.64. The second kappa shape index (κ2) is 10.6. The van der Waals surface area contributed by atoms with Crippen molar-refractivity contribution in [2.24, 2.45) is 0 Å². The van der Waals surface area contributed by atoms with Gasteiger partial charge in [0, 0.05) is 16.6 Å². The smallest absolute Gasteiger partial charge is 0.335 e. The van der Waals surface area contributed by atoms with Crippen LogP contribution < -0.4 is 15.0 Å². The van der Waals surface area contributed by atoms with Crippen molar-refractivity contribution < 1.29 is 24.0 Å². The van der Waals surface area contributed by atoms with Crippen molar-refractivity contribution in [2.45, 2.75) is 6.61 Å². The highest BCUT2D eigenvalue weighted by atomic mass is 79.9. The zero-order chi connectivity index (χ0) is 26.0. The molecule has 4 amide bonds. The van der Waals surface area contributed by atoms with Crippen LogP contribution in [0.2, 0.25) is 5.02 Å². The highest BCUT2D eigenvalue weighted by Gasteiger charge is 2.36. The van der Waals surface area contributed by atoms with E-state index in [1.54, 1.807) is 42.5 Å². The maximum atomic E-state index is 13.1. The van der Waals surface area contributed by atoms with Crippen LogP contribution in [0, 0.1) is 10.1 Å². The Morgan fingerprint density at radius 1 is 1.06 bits per heavy atom. The number of hydrogen-bond donors (Lipinski definition) is 1. The number of non-ortho nitro benzene ring substituents is 1. The number of hydrogen-bond acceptors (Lipinski definition) is 6. The van der Waals surface area contributed by atoms with E-state index >= 15 is 0 Å². The molecular formula is C24H14Br2ClN3O6. The normalized spacial score (nSPS) is 14.7. The van der Waals surface area contributed by atoms with E-state index in [1.807, 2.05) is 0 Å². The average Bonchev–Trinajstić information content (AvgIpc) is 2.82. The number of urea groups is 1. The van der Waals surface area contributed by atoms with Crippen molar-refractivity contribution in [1.29, 1.82) is 0 Å². The molecule has 0 atom stereocenters. The summed E-state index contributed by atoms with van der Waals surface area (Å²) in [5.41, 5.74) is 0.946. The Hall–Kier alpha value is -3.54. The standard InChI is InChI=1S/C24H14Br2ClN3O6/c25-15-4-6-16(7-5-15)29-23(32)18(22(31)28-24(29)33)9-14-10-19(26)21(20(27)11-14)36-12-13-2-1-3-17(8-13)30(34)35/h1-11H,12H2,(H,28,31,33)/b18-9+. The lowest BCUT2D eigenvalue weighted by molar-refractivity contribution is -0.384. The third-order valence-electron chi connectivity index (χ3n) is 5.02. The quantitative estimate of drug-likeness (QED) is 0.153. The van der Waals surface area contributed by atoms with E-state index in [1.165, 1.54) is 24.3 Å². The molecule has 12 heteroatoms. The van der Waals surface area contributed by atoms with Gasteiger partial charge in [0.15, 0.2) is 5.75 Å². The number of halogens is 3. The summed E-state index contributed by atoms with van der Waals surface area (Å²) in [6.45, 7) is 0.0194. The lowest BCUT2D eigenvalue weighted by Gasteiger charge is -2.26. The molecule has 0 unspecified atom stereocenters. The van der Waals surface area contributed by atoms with E-state index < -0.39 is 22.8 Å². The first-order valence-corrected chi connectivity index (χ1v) is 12.1. The molecule has 1 N–H and O–H groups in total. The first-order chi connectivity index (χ1) is 17.1. The third-order valence-corrected chi connectivity index (χ3v) is 6.42. The number of rotatable bonds is 6. The highest BCUT2D eigenvalue weighted by Crippen LogP contribution is 2.36. The summed E-state index contributed by atoms with van der Waals surface area (Å²) < 4.78 is 6.94. The minimum absolute atomic E-state index is 0.0194. The Labute approximate surface area is 226 Å². The monoisotopic (exact) mass is 633 g/mol. The van der Waals surface area contributed by atoms with Crippen LogP contribution in [0.4, 0.5) is 16.2 Å². The van der Waals surface area contributed by atoms with Crippen LogP contribution in [0.5, 0.6) is 5.75 Å². The molecule has 0 spiro atoms. The van der Waals surface area contributed by atoms with Crippen molar-refractivity contribution in [3.63, 3.8) is 0 Å². The first kappa shape index (κ1) is 25.5. The topological polar surface area (TPSA) is 119 Å². The molecule has 1 heterocycles. The second-order valence-electron chi connectivity index (χ2n) is 7.46. The number of nitrogens with zero attached hydrogens (tertiary/aromatic N) is 2. The Morgan fingerprint density at radius 3 is 2.44 bits per heavy atom. The summed E-state index contributed by atoms with van der Waals surface area (Å²) in [5.74, 6) is -1.35. The van der Waals surface area contributed by atoms with E-state index in [0.29, 0.717) is 21.3 Å². The van der Waals surface area contributed by atoms with Gasteiger partial charge in [-0.1, -0.05) is 39.7 Å². The number of carbonyl (C=O) groups is 3. The number of nitro groups is 1. The van der Waals surface area contributed by atoms with Gasteiger partial charge in [0.1, 0.15) is 12.2 Å². The third kappa shape index (κ3) is 5.48. The molecule has 1 saturated heterocycles. The predicted molar refractivity (Wildman–Crippen MR) is 140 cm³/mol. The van der Waals surface area contributed by atoms with Gasteiger partial charge in [-0.2, -0.15) is 0 Å². The predicted octanol–water partition coefficient (Wildman–Crippen LogP) is 6.02. The lowest BCUT2D eigenvalue weighted by atomic mass is 10.1. The number of nitrogens with one attached hydrogen (secondary N) is 1. The minimum atomic E-state index is -0.853. The molecule has 0 saturated carbocycles. The molecule has 1 aliphatic heterocycles. The van der Waals surface area contributed by atoms with Crippen LogP contribution >= 0.6 is 43.5 Å².